The second-order valence-electron chi connectivity index (χ2n) is 3.82. The van der Waals surface area contributed by atoms with Gasteiger partial charge in [0.05, 0.1) is 12.5 Å². The van der Waals surface area contributed by atoms with Crippen molar-refractivity contribution in [3.63, 3.8) is 0 Å². The number of nitrogens with one attached hydrogen (secondary N) is 1. The van der Waals surface area contributed by atoms with E-state index in [1.54, 1.807) is 0 Å². The van der Waals surface area contributed by atoms with Crippen molar-refractivity contribution < 1.29 is 14.3 Å². The van der Waals surface area contributed by atoms with Gasteiger partial charge in [-0.1, -0.05) is 6.92 Å². The van der Waals surface area contributed by atoms with Crippen LogP contribution in [0.25, 0.3) is 0 Å². The third-order valence-electron chi connectivity index (χ3n) is 2.45. The second kappa shape index (κ2) is 7.65. The molecule has 1 N–H and O–H groups in total. The highest BCUT2D eigenvalue weighted by Gasteiger charge is 2.21. The van der Waals surface area contributed by atoms with Gasteiger partial charge in [-0.3, -0.25) is 4.79 Å². The minimum Gasteiger partial charge on any atom is -0.463 e. The molecule has 1 aliphatic heterocycles. The first-order valence-electron chi connectivity index (χ1n) is 5.79. The van der Waals surface area contributed by atoms with E-state index in [0.29, 0.717) is 13.2 Å². The standard InChI is InChI=1S/C11H21NO3/c1-2-6-14-7-8-15-11(13)10-4-3-5-12-9-10/h10,12H,2-9H2,1H3. The Kier molecular flexibility index (Phi) is 6.36. The molecule has 0 spiro atoms. The topological polar surface area (TPSA) is 47.6 Å². The normalized spacial score (nSPS) is 21.3. The molecule has 0 radical (unpaired) electrons. The molecule has 0 aromatic rings. The molecule has 0 amide bonds. The van der Waals surface area contributed by atoms with E-state index in [9.17, 15) is 4.79 Å². The third-order valence-corrected chi connectivity index (χ3v) is 2.45. The van der Waals surface area contributed by atoms with Crippen LogP contribution in [-0.2, 0) is 14.3 Å². The summed E-state index contributed by atoms with van der Waals surface area (Å²) in [5, 5.41) is 3.19. The predicted molar refractivity (Wildman–Crippen MR) is 57.7 cm³/mol. The van der Waals surface area contributed by atoms with Gasteiger partial charge in [-0.25, -0.2) is 0 Å². The van der Waals surface area contributed by atoms with E-state index in [4.69, 9.17) is 9.47 Å². The summed E-state index contributed by atoms with van der Waals surface area (Å²) in [4.78, 5) is 11.5. The fraction of sp³-hybridized carbons (Fsp3) is 0.909. The maximum atomic E-state index is 11.5. The largest absolute Gasteiger partial charge is 0.463 e. The lowest BCUT2D eigenvalue weighted by molar-refractivity contribution is -0.150. The first-order chi connectivity index (χ1) is 7.34. The second-order valence-corrected chi connectivity index (χ2v) is 3.82. The average molecular weight is 215 g/mol. The van der Waals surface area contributed by atoms with Gasteiger partial charge in [0, 0.05) is 13.2 Å². The molecule has 4 heteroatoms. The summed E-state index contributed by atoms with van der Waals surface area (Å²) < 4.78 is 10.4. The van der Waals surface area contributed by atoms with E-state index >= 15 is 0 Å². The van der Waals surface area contributed by atoms with Gasteiger partial charge in [-0.15, -0.1) is 0 Å². The summed E-state index contributed by atoms with van der Waals surface area (Å²) in [6, 6.07) is 0. The Morgan fingerprint density at radius 2 is 2.27 bits per heavy atom. The molecular weight excluding hydrogens is 194 g/mol. The molecule has 0 bridgehead atoms. The lowest BCUT2D eigenvalue weighted by Gasteiger charge is -2.20. The van der Waals surface area contributed by atoms with E-state index in [-0.39, 0.29) is 11.9 Å². The van der Waals surface area contributed by atoms with E-state index in [1.165, 1.54) is 0 Å². The molecule has 1 unspecified atom stereocenters. The first kappa shape index (κ1) is 12.5. The Morgan fingerprint density at radius 1 is 1.40 bits per heavy atom. The molecule has 1 rings (SSSR count). The van der Waals surface area contributed by atoms with Crippen molar-refractivity contribution in [2.75, 3.05) is 32.9 Å². The van der Waals surface area contributed by atoms with Gasteiger partial charge in [-0.2, -0.15) is 0 Å². The van der Waals surface area contributed by atoms with Gasteiger partial charge in [0.25, 0.3) is 0 Å². The van der Waals surface area contributed by atoms with Crippen LogP contribution in [-0.4, -0.2) is 38.9 Å². The Balaban J connectivity index is 2.02. The van der Waals surface area contributed by atoms with Crippen molar-refractivity contribution >= 4 is 5.97 Å². The molecule has 1 fully saturated rings. The third kappa shape index (κ3) is 5.14. The summed E-state index contributed by atoms with van der Waals surface area (Å²) in [6.45, 7) is 5.47. The fourth-order valence-corrected chi connectivity index (χ4v) is 1.62. The monoisotopic (exact) mass is 215 g/mol. The van der Waals surface area contributed by atoms with Gasteiger partial charge in [0.15, 0.2) is 0 Å². The van der Waals surface area contributed by atoms with Gasteiger partial charge >= 0.3 is 5.97 Å². The summed E-state index contributed by atoms with van der Waals surface area (Å²) in [5.74, 6) is -0.0350. The van der Waals surface area contributed by atoms with E-state index in [2.05, 4.69) is 12.2 Å². The van der Waals surface area contributed by atoms with Gasteiger partial charge in [0.1, 0.15) is 6.61 Å². The van der Waals surface area contributed by atoms with Crippen LogP contribution in [0, 0.1) is 5.92 Å². The van der Waals surface area contributed by atoms with Crippen LogP contribution in [0.2, 0.25) is 0 Å². The van der Waals surface area contributed by atoms with E-state index in [0.717, 1.165) is 39.0 Å². The molecule has 0 aromatic carbocycles. The molecule has 1 heterocycles. The number of hydrogen-bond acceptors (Lipinski definition) is 4. The van der Waals surface area contributed by atoms with Crippen molar-refractivity contribution in [3.8, 4) is 0 Å². The van der Waals surface area contributed by atoms with Crippen molar-refractivity contribution in [3.05, 3.63) is 0 Å². The molecule has 0 aliphatic carbocycles. The zero-order chi connectivity index (χ0) is 10.9. The van der Waals surface area contributed by atoms with Crippen LogP contribution in [0.1, 0.15) is 26.2 Å². The quantitative estimate of drug-likeness (QED) is 0.529. The van der Waals surface area contributed by atoms with Crippen molar-refractivity contribution in [2.24, 2.45) is 5.92 Å². The smallest absolute Gasteiger partial charge is 0.310 e. The van der Waals surface area contributed by atoms with Crippen LogP contribution < -0.4 is 5.32 Å². The van der Waals surface area contributed by atoms with Crippen LogP contribution >= 0.6 is 0 Å². The Hall–Kier alpha value is -0.610. The molecule has 1 aliphatic rings. The van der Waals surface area contributed by atoms with Crippen LogP contribution in [0.5, 0.6) is 0 Å². The number of carbonyl (C=O) groups is 1. The zero-order valence-corrected chi connectivity index (χ0v) is 9.46. The number of rotatable bonds is 6. The van der Waals surface area contributed by atoms with Crippen LogP contribution in [0.4, 0.5) is 0 Å². The van der Waals surface area contributed by atoms with Crippen LogP contribution in [0.15, 0.2) is 0 Å². The van der Waals surface area contributed by atoms with E-state index in [1.807, 2.05) is 0 Å². The SMILES string of the molecule is CCCOCCOC(=O)C1CCCNC1. The lowest BCUT2D eigenvalue weighted by atomic mass is 10.0. The molecule has 0 saturated carbocycles. The summed E-state index contributed by atoms with van der Waals surface area (Å²) in [5.41, 5.74) is 0. The minimum atomic E-state index is -0.0812. The minimum absolute atomic E-state index is 0.0462. The van der Waals surface area contributed by atoms with E-state index < -0.39 is 0 Å². The number of ether oxygens (including phenoxy) is 2. The molecular formula is C11H21NO3. The Labute approximate surface area is 91.3 Å². The highest BCUT2D eigenvalue weighted by Crippen LogP contribution is 2.11. The zero-order valence-electron chi connectivity index (χ0n) is 9.46. The maximum Gasteiger partial charge on any atom is 0.310 e. The highest BCUT2D eigenvalue weighted by molar-refractivity contribution is 5.72. The molecule has 15 heavy (non-hydrogen) atoms. The molecule has 88 valence electrons. The van der Waals surface area contributed by atoms with Crippen molar-refractivity contribution in [2.45, 2.75) is 26.2 Å². The Morgan fingerprint density at radius 3 is 2.93 bits per heavy atom. The average Bonchev–Trinajstić information content (AvgIpc) is 2.30. The fourth-order valence-electron chi connectivity index (χ4n) is 1.62. The number of carbonyl (C=O) groups excluding carboxylic acids is 1. The van der Waals surface area contributed by atoms with Gasteiger partial charge in [0.2, 0.25) is 0 Å². The van der Waals surface area contributed by atoms with Gasteiger partial charge < -0.3 is 14.8 Å². The number of hydrogen-bond donors (Lipinski definition) is 1. The molecule has 4 nitrogen and oxygen atoms in total. The summed E-state index contributed by atoms with van der Waals surface area (Å²) in [7, 11) is 0. The first-order valence-corrected chi connectivity index (χ1v) is 5.79. The molecule has 1 saturated heterocycles. The molecule has 0 aromatic heterocycles. The Bertz CT molecular complexity index is 179. The van der Waals surface area contributed by atoms with Crippen molar-refractivity contribution in [1.82, 2.24) is 5.32 Å². The molecule has 1 atom stereocenters. The van der Waals surface area contributed by atoms with Crippen LogP contribution in [0.3, 0.4) is 0 Å². The maximum absolute atomic E-state index is 11.5. The van der Waals surface area contributed by atoms with Crippen molar-refractivity contribution in [1.29, 1.82) is 0 Å². The predicted octanol–water partition coefficient (Wildman–Crippen LogP) is 0.956. The highest BCUT2D eigenvalue weighted by atomic mass is 16.6. The summed E-state index contributed by atoms with van der Waals surface area (Å²) >= 11 is 0. The number of esters is 1. The summed E-state index contributed by atoms with van der Waals surface area (Å²) in [6.07, 6.45) is 3.01. The number of piperidine rings is 1. The lowest BCUT2D eigenvalue weighted by Crippen LogP contribution is -2.35. The van der Waals surface area contributed by atoms with Gasteiger partial charge in [-0.05, 0) is 25.8 Å².